The van der Waals surface area contributed by atoms with E-state index in [0.29, 0.717) is 6.54 Å². The standard InChI is InChI=1S/C27H36ClN3O4/c1-2-21(9-4-5-15-28)23-10-8-18-31(23)27(35)25(33)24(32)26(34)29-19-20-11-13-22(14-12-20)30-16-6-3-7-17-30/h2,4-5,9,11-15,23-25,32-33H,3,6-8,10,16-19H2,1H3,(H,29,34)/b9-4-,15-5+,21-2+/t23?,24-,25-/m1/s1. The van der Waals surface area contributed by atoms with Crippen molar-refractivity contribution in [2.24, 2.45) is 0 Å². The van der Waals surface area contributed by atoms with Crippen molar-refractivity contribution in [2.45, 2.75) is 63.8 Å². The smallest absolute Gasteiger partial charge is 0.255 e. The van der Waals surface area contributed by atoms with E-state index in [1.54, 1.807) is 12.2 Å². The summed E-state index contributed by atoms with van der Waals surface area (Å²) in [5.74, 6) is -1.43. The maximum atomic E-state index is 13.0. The summed E-state index contributed by atoms with van der Waals surface area (Å²) in [6.45, 7) is 4.65. The van der Waals surface area contributed by atoms with E-state index in [2.05, 4.69) is 10.2 Å². The number of piperidine rings is 1. The molecule has 0 aromatic heterocycles. The minimum absolute atomic E-state index is 0.199. The number of anilines is 1. The van der Waals surface area contributed by atoms with Gasteiger partial charge >= 0.3 is 0 Å². The lowest BCUT2D eigenvalue weighted by atomic mass is 10.0. The molecule has 3 rings (SSSR count). The molecular formula is C27H36ClN3O4. The van der Waals surface area contributed by atoms with Crippen LogP contribution in [0.1, 0.15) is 44.6 Å². The Hall–Kier alpha value is -2.61. The first-order chi connectivity index (χ1) is 17.0. The van der Waals surface area contributed by atoms with Crippen LogP contribution in [0.4, 0.5) is 5.69 Å². The second-order valence-corrected chi connectivity index (χ2v) is 9.23. The summed E-state index contributed by atoms with van der Waals surface area (Å²) < 4.78 is 0. The number of hydrogen-bond donors (Lipinski definition) is 3. The number of aliphatic hydroxyl groups is 2. The Kier molecular flexibility index (Phi) is 10.4. The lowest BCUT2D eigenvalue weighted by Crippen LogP contribution is -2.51. The van der Waals surface area contributed by atoms with Crippen molar-refractivity contribution in [3.63, 3.8) is 0 Å². The molecule has 190 valence electrons. The van der Waals surface area contributed by atoms with E-state index in [1.807, 2.05) is 43.3 Å². The average Bonchev–Trinajstić information content (AvgIpc) is 3.39. The van der Waals surface area contributed by atoms with Crippen LogP contribution in [0.5, 0.6) is 0 Å². The quantitative estimate of drug-likeness (QED) is 0.452. The highest BCUT2D eigenvalue weighted by atomic mass is 35.5. The lowest BCUT2D eigenvalue weighted by molar-refractivity contribution is -0.153. The van der Waals surface area contributed by atoms with Gasteiger partial charge in [0.2, 0.25) is 0 Å². The van der Waals surface area contributed by atoms with Crippen LogP contribution in [-0.2, 0) is 16.1 Å². The van der Waals surface area contributed by atoms with Crippen molar-refractivity contribution in [2.75, 3.05) is 24.5 Å². The van der Waals surface area contributed by atoms with Gasteiger partial charge in [-0.2, -0.15) is 0 Å². The molecule has 2 amide bonds. The zero-order valence-electron chi connectivity index (χ0n) is 20.3. The number of likely N-dealkylation sites (tertiary alicyclic amines) is 1. The van der Waals surface area contributed by atoms with E-state index >= 15 is 0 Å². The summed E-state index contributed by atoms with van der Waals surface area (Å²) in [7, 11) is 0. The monoisotopic (exact) mass is 501 g/mol. The molecular weight excluding hydrogens is 466 g/mol. The molecule has 1 unspecified atom stereocenters. The normalized spacial score (nSPS) is 21.0. The number of nitrogens with zero attached hydrogens (tertiary/aromatic N) is 2. The number of halogens is 1. The van der Waals surface area contributed by atoms with Crippen molar-refractivity contribution in [3.8, 4) is 0 Å². The van der Waals surface area contributed by atoms with Crippen LogP contribution in [0.25, 0.3) is 0 Å². The third kappa shape index (κ3) is 7.19. The Balaban J connectivity index is 1.54. The molecule has 0 bridgehead atoms. The van der Waals surface area contributed by atoms with E-state index in [-0.39, 0.29) is 12.6 Å². The first-order valence-corrected chi connectivity index (χ1v) is 12.8. The highest BCUT2D eigenvalue weighted by molar-refractivity contribution is 6.25. The molecule has 3 N–H and O–H groups in total. The Morgan fingerprint density at radius 2 is 1.77 bits per heavy atom. The predicted octanol–water partition coefficient (Wildman–Crippen LogP) is 3.26. The molecule has 8 heteroatoms. The summed E-state index contributed by atoms with van der Waals surface area (Å²) in [4.78, 5) is 29.3. The molecule has 1 aromatic carbocycles. The summed E-state index contributed by atoms with van der Waals surface area (Å²) in [6.07, 6.45) is 8.73. The number of benzene rings is 1. The van der Waals surface area contributed by atoms with Gasteiger partial charge in [-0.1, -0.05) is 48.0 Å². The maximum absolute atomic E-state index is 13.0. The molecule has 0 spiro atoms. The van der Waals surface area contributed by atoms with Crippen molar-refractivity contribution in [3.05, 3.63) is 65.2 Å². The van der Waals surface area contributed by atoms with Crippen LogP contribution < -0.4 is 10.2 Å². The molecule has 2 aliphatic rings. The number of rotatable bonds is 9. The van der Waals surface area contributed by atoms with Crippen LogP contribution in [0.2, 0.25) is 0 Å². The van der Waals surface area contributed by atoms with Gasteiger partial charge < -0.3 is 25.3 Å². The summed E-state index contributed by atoms with van der Waals surface area (Å²) in [5, 5.41) is 23.5. The molecule has 2 fully saturated rings. The maximum Gasteiger partial charge on any atom is 0.255 e. The van der Waals surface area contributed by atoms with Crippen LogP contribution >= 0.6 is 11.6 Å². The molecule has 3 atom stereocenters. The van der Waals surface area contributed by atoms with Crippen molar-refractivity contribution in [1.29, 1.82) is 0 Å². The molecule has 7 nitrogen and oxygen atoms in total. The molecule has 0 radical (unpaired) electrons. The van der Waals surface area contributed by atoms with E-state index in [0.717, 1.165) is 42.8 Å². The fourth-order valence-corrected chi connectivity index (χ4v) is 4.79. The molecule has 0 aliphatic carbocycles. The van der Waals surface area contributed by atoms with Gasteiger partial charge in [0, 0.05) is 37.4 Å². The topological polar surface area (TPSA) is 93.1 Å². The minimum atomic E-state index is -1.85. The molecule has 2 aliphatic heterocycles. The van der Waals surface area contributed by atoms with E-state index < -0.39 is 24.0 Å². The summed E-state index contributed by atoms with van der Waals surface area (Å²) >= 11 is 5.56. The SMILES string of the molecule is C\C=C(/C=C\C=C\Cl)C1CCCN1C(=O)[C@H](O)[C@@H](O)C(=O)NCc1ccc(N2CCCCC2)cc1. The lowest BCUT2D eigenvalue weighted by Gasteiger charge is -2.29. The third-order valence-electron chi connectivity index (χ3n) is 6.67. The Morgan fingerprint density at radius 1 is 1.06 bits per heavy atom. The molecule has 2 saturated heterocycles. The average molecular weight is 502 g/mol. The number of nitrogens with one attached hydrogen (secondary N) is 1. The number of hydrogen-bond acceptors (Lipinski definition) is 5. The van der Waals surface area contributed by atoms with Crippen molar-refractivity contribution < 1.29 is 19.8 Å². The zero-order chi connectivity index (χ0) is 25.2. The molecule has 1 aromatic rings. The third-order valence-corrected chi connectivity index (χ3v) is 6.82. The van der Waals surface area contributed by atoms with Gasteiger partial charge in [-0.25, -0.2) is 0 Å². The van der Waals surface area contributed by atoms with Gasteiger partial charge in [0.15, 0.2) is 12.2 Å². The van der Waals surface area contributed by atoms with Crippen LogP contribution in [0.3, 0.4) is 0 Å². The summed E-state index contributed by atoms with van der Waals surface area (Å²) in [5.41, 5.74) is 4.34. The highest BCUT2D eigenvalue weighted by Crippen LogP contribution is 2.26. The van der Waals surface area contributed by atoms with Gasteiger partial charge in [-0.3, -0.25) is 9.59 Å². The molecule has 2 heterocycles. The zero-order valence-corrected chi connectivity index (χ0v) is 21.0. The first kappa shape index (κ1) is 27.0. The van der Waals surface area contributed by atoms with Gasteiger partial charge in [-0.15, -0.1) is 0 Å². The minimum Gasteiger partial charge on any atom is -0.380 e. The number of allylic oxidation sites excluding steroid dienone is 3. The highest BCUT2D eigenvalue weighted by Gasteiger charge is 2.38. The molecule has 0 saturated carbocycles. The van der Waals surface area contributed by atoms with E-state index in [1.165, 1.54) is 29.7 Å². The first-order valence-electron chi connectivity index (χ1n) is 12.3. The number of amides is 2. The number of aliphatic hydroxyl groups excluding tert-OH is 2. The number of carbonyl (C=O) groups excluding carboxylic acids is 2. The predicted molar refractivity (Wildman–Crippen MR) is 139 cm³/mol. The van der Waals surface area contributed by atoms with Gasteiger partial charge in [-0.05, 0) is 62.3 Å². The van der Waals surface area contributed by atoms with Gasteiger partial charge in [0.1, 0.15) is 0 Å². The van der Waals surface area contributed by atoms with E-state index in [9.17, 15) is 19.8 Å². The fraction of sp³-hybridized carbons (Fsp3) is 0.481. The Bertz CT molecular complexity index is 938. The van der Waals surface area contributed by atoms with Crippen LogP contribution in [0, 0.1) is 0 Å². The second kappa shape index (κ2) is 13.5. The second-order valence-electron chi connectivity index (χ2n) is 8.98. The van der Waals surface area contributed by atoms with Crippen LogP contribution in [-0.4, -0.2) is 64.8 Å². The Labute approximate surface area is 212 Å². The summed E-state index contributed by atoms with van der Waals surface area (Å²) in [6, 6.07) is 7.73. The van der Waals surface area contributed by atoms with Crippen molar-refractivity contribution >= 4 is 29.1 Å². The van der Waals surface area contributed by atoms with Crippen LogP contribution in [0.15, 0.2) is 59.7 Å². The molecule has 35 heavy (non-hydrogen) atoms. The Morgan fingerprint density at radius 3 is 2.43 bits per heavy atom. The fourth-order valence-electron chi connectivity index (χ4n) is 4.70. The number of carbonyl (C=O) groups is 2. The van der Waals surface area contributed by atoms with Gasteiger partial charge in [0.25, 0.3) is 11.8 Å². The van der Waals surface area contributed by atoms with E-state index in [4.69, 9.17) is 11.6 Å². The van der Waals surface area contributed by atoms with Crippen molar-refractivity contribution in [1.82, 2.24) is 10.2 Å². The van der Waals surface area contributed by atoms with Gasteiger partial charge in [0.05, 0.1) is 6.04 Å². The largest absolute Gasteiger partial charge is 0.380 e.